The largest absolute Gasteiger partial charge is 0.466 e. The van der Waals surface area contributed by atoms with Crippen molar-refractivity contribution in [3.05, 3.63) is 0 Å². The molecule has 0 aromatic rings. The van der Waals surface area contributed by atoms with Gasteiger partial charge in [-0.05, 0) is 6.42 Å². The lowest BCUT2D eigenvalue weighted by atomic mass is 10.3. The molecule has 0 unspecified atom stereocenters. The van der Waals surface area contributed by atoms with Crippen LogP contribution in [0.1, 0.15) is 51.9 Å². The monoisotopic (exact) mass is 285 g/mol. The van der Waals surface area contributed by atoms with E-state index in [4.69, 9.17) is 4.74 Å². The van der Waals surface area contributed by atoms with Gasteiger partial charge in [-0.15, -0.1) is 5.06 Å². The fraction of sp³-hybridized carbons (Fsp3) is 0.692. The van der Waals surface area contributed by atoms with Crippen molar-refractivity contribution in [2.24, 2.45) is 0 Å². The lowest BCUT2D eigenvalue weighted by molar-refractivity contribution is -0.197. The number of carbonyl (C=O) groups is 4. The molecule has 7 heteroatoms. The minimum atomic E-state index is -0.792. The van der Waals surface area contributed by atoms with E-state index in [2.05, 4.69) is 4.84 Å². The molecule has 1 saturated heterocycles. The summed E-state index contributed by atoms with van der Waals surface area (Å²) in [5, 5.41) is 0.467. The van der Waals surface area contributed by atoms with Crippen LogP contribution in [0.2, 0.25) is 0 Å². The van der Waals surface area contributed by atoms with Crippen LogP contribution in [0.4, 0.5) is 0 Å². The van der Waals surface area contributed by atoms with Gasteiger partial charge in [0.25, 0.3) is 11.8 Å². The van der Waals surface area contributed by atoms with Gasteiger partial charge in [0.15, 0.2) is 0 Å². The predicted octanol–water partition coefficient (Wildman–Crippen LogP) is 1.11. The molecule has 0 spiro atoms. The normalized spacial score (nSPS) is 14.6. The highest BCUT2D eigenvalue weighted by Gasteiger charge is 2.32. The van der Waals surface area contributed by atoms with Gasteiger partial charge in [0.1, 0.15) is 0 Å². The highest BCUT2D eigenvalue weighted by molar-refractivity contribution is 6.01. The van der Waals surface area contributed by atoms with Crippen LogP contribution in [0.3, 0.4) is 0 Å². The summed E-state index contributed by atoms with van der Waals surface area (Å²) in [5.41, 5.74) is 0. The van der Waals surface area contributed by atoms with Gasteiger partial charge in [-0.3, -0.25) is 14.4 Å². The van der Waals surface area contributed by atoms with E-state index < -0.39 is 23.8 Å². The summed E-state index contributed by atoms with van der Waals surface area (Å²) in [6, 6.07) is 0. The Bertz CT molecular complexity index is 376. The first-order chi connectivity index (χ1) is 9.54. The molecule has 0 aromatic carbocycles. The number of hydrogen-bond donors (Lipinski definition) is 0. The van der Waals surface area contributed by atoms with Gasteiger partial charge in [-0.1, -0.05) is 19.8 Å². The third-order valence-electron chi connectivity index (χ3n) is 2.74. The Morgan fingerprint density at radius 2 is 1.65 bits per heavy atom. The maximum absolute atomic E-state index is 11.4. The van der Waals surface area contributed by atoms with Crippen LogP contribution < -0.4 is 0 Å². The van der Waals surface area contributed by atoms with Crippen LogP contribution in [0, 0.1) is 0 Å². The van der Waals surface area contributed by atoms with Crippen molar-refractivity contribution in [2.75, 3.05) is 6.61 Å². The van der Waals surface area contributed by atoms with E-state index in [1.54, 1.807) is 0 Å². The molecule has 1 rings (SSSR count). The molecule has 0 N–H and O–H groups in total. The number of amides is 2. The first-order valence-corrected chi connectivity index (χ1v) is 6.76. The third-order valence-corrected chi connectivity index (χ3v) is 2.74. The van der Waals surface area contributed by atoms with Crippen molar-refractivity contribution in [3.8, 4) is 0 Å². The molecule has 7 nitrogen and oxygen atoms in total. The van der Waals surface area contributed by atoms with Gasteiger partial charge in [-0.2, -0.15) is 0 Å². The fourth-order valence-electron chi connectivity index (χ4n) is 1.62. The van der Waals surface area contributed by atoms with Gasteiger partial charge < -0.3 is 9.57 Å². The first-order valence-electron chi connectivity index (χ1n) is 6.76. The Morgan fingerprint density at radius 3 is 2.25 bits per heavy atom. The number of carbonyl (C=O) groups excluding carboxylic acids is 4. The van der Waals surface area contributed by atoms with Gasteiger partial charge in [0.2, 0.25) is 0 Å². The van der Waals surface area contributed by atoms with Crippen LogP contribution in [-0.2, 0) is 28.8 Å². The first kappa shape index (κ1) is 16.1. The Labute approximate surface area is 117 Å². The predicted molar refractivity (Wildman–Crippen MR) is 66.9 cm³/mol. The van der Waals surface area contributed by atoms with Gasteiger partial charge >= 0.3 is 11.9 Å². The number of rotatable bonds is 8. The number of ether oxygens (including phenoxy) is 1. The number of unbranched alkanes of at least 4 members (excludes halogenated alkanes) is 2. The quantitative estimate of drug-likeness (QED) is 0.377. The van der Waals surface area contributed by atoms with E-state index in [1.807, 2.05) is 6.92 Å². The molecular weight excluding hydrogens is 266 g/mol. The van der Waals surface area contributed by atoms with Crippen LogP contribution in [0.15, 0.2) is 0 Å². The summed E-state index contributed by atoms with van der Waals surface area (Å²) in [7, 11) is 0. The second-order valence-electron chi connectivity index (χ2n) is 4.47. The molecule has 20 heavy (non-hydrogen) atoms. The van der Waals surface area contributed by atoms with Gasteiger partial charge in [0.05, 0.1) is 19.4 Å². The minimum absolute atomic E-state index is 0.0472. The average Bonchev–Trinajstić information content (AvgIpc) is 2.73. The van der Waals surface area contributed by atoms with Gasteiger partial charge in [0, 0.05) is 12.8 Å². The van der Waals surface area contributed by atoms with Crippen molar-refractivity contribution < 1.29 is 28.8 Å². The topological polar surface area (TPSA) is 90.0 Å². The molecule has 112 valence electrons. The maximum atomic E-state index is 11.4. The van der Waals surface area contributed by atoms with Crippen LogP contribution in [0.5, 0.6) is 0 Å². The van der Waals surface area contributed by atoms with E-state index in [-0.39, 0.29) is 25.7 Å². The smallest absolute Gasteiger partial charge is 0.333 e. The van der Waals surface area contributed by atoms with E-state index in [0.29, 0.717) is 11.7 Å². The van der Waals surface area contributed by atoms with E-state index in [9.17, 15) is 19.2 Å². The minimum Gasteiger partial charge on any atom is -0.466 e. The molecule has 1 heterocycles. The molecular formula is C13H19NO6. The number of hydrogen-bond acceptors (Lipinski definition) is 6. The lowest BCUT2D eigenvalue weighted by Gasteiger charge is -2.12. The number of nitrogens with zero attached hydrogens (tertiary/aromatic N) is 1. The molecule has 0 atom stereocenters. The Morgan fingerprint density at radius 1 is 1.05 bits per heavy atom. The zero-order valence-electron chi connectivity index (χ0n) is 11.6. The lowest BCUT2D eigenvalue weighted by Crippen LogP contribution is -2.32. The Hall–Kier alpha value is -1.92. The third kappa shape index (κ3) is 5.38. The summed E-state index contributed by atoms with van der Waals surface area (Å²) < 4.78 is 4.91. The summed E-state index contributed by atoms with van der Waals surface area (Å²) in [6.07, 6.45) is 2.56. The second-order valence-corrected chi connectivity index (χ2v) is 4.47. The van der Waals surface area contributed by atoms with E-state index >= 15 is 0 Å². The highest BCUT2D eigenvalue weighted by Crippen LogP contribution is 2.13. The number of esters is 1. The summed E-state index contributed by atoms with van der Waals surface area (Å²) in [4.78, 5) is 49.7. The van der Waals surface area contributed by atoms with Crippen molar-refractivity contribution in [1.29, 1.82) is 0 Å². The fourth-order valence-corrected chi connectivity index (χ4v) is 1.62. The van der Waals surface area contributed by atoms with Crippen molar-refractivity contribution in [3.63, 3.8) is 0 Å². The molecule has 0 bridgehead atoms. The zero-order chi connectivity index (χ0) is 15.0. The molecule has 1 aliphatic rings. The molecule has 0 radical (unpaired) electrons. The zero-order valence-corrected chi connectivity index (χ0v) is 11.6. The Kier molecular flexibility index (Phi) is 6.69. The van der Waals surface area contributed by atoms with Gasteiger partial charge in [-0.25, -0.2) is 4.79 Å². The number of imide groups is 1. The van der Waals surface area contributed by atoms with Crippen LogP contribution >= 0.6 is 0 Å². The molecule has 1 aliphatic heterocycles. The summed E-state index contributed by atoms with van der Waals surface area (Å²) in [6.45, 7) is 2.38. The van der Waals surface area contributed by atoms with Crippen molar-refractivity contribution >= 4 is 23.8 Å². The van der Waals surface area contributed by atoms with Crippen molar-refractivity contribution in [1.82, 2.24) is 5.06 Å². The summed E-state index contributed by atoms with van der Waals surface area (Å²) in [5.74, 6) is -2.35. The highest BCUT2D eigenvalue weighted by atomic mass is 16.7. The standard InChI is InChI=1S/C13H19NO6/c1-2-3-4-9-19-12(17)7-8-13(18)20-14-10(15)5-6-11(14)16/h2-9H2,1H3. The van der Waals surface area contributed by atoms with E-state index in [1.165, 1.54) is 0 Å². The second kappa shape index (κ2) is 8.29. The molecule has 0 aromatic heterocycles. The Balaban J connectivity index is 2.18. The summed E-state index contributed by atoms with van der Waals surface area (Å²) >= 11 is 0. The SMILES string of the molecule is CCCCCOC(=O)CCC(=O)ON1C(=O)CCC1=O. The maximum Gasteiger partial charge on any atom is 0.333 e. The van der Waals surface area contributed by atoms with Crippen LogP contribution in [-0.4, -0.2) is 35.4 Å². The molecule has 0 aliphatic carbocycles. The van der Waals surface area contributed by atoms with Crippen LogP contribution in [0.25, 0.3) is 0 Å². The average molecular weight is 285 g/mol. The van der Waals surface area contributed by atoms with Crippen molar-refractivity contribution in [2.45, 2.75) is 51.9 Å². The molecule has 1 fully saturated rings. The number of hydroxylamine groups is 2. The molecule has 0 saturated carbocycles. The van der Waals surface area contributed by atoms with E-state index in [0.717, 1.165) is 19.3 Å². The molecule has 2 amide bonds.